The normalized spacial score (nSPS) is 14.6. The Bertz CT molecular complexity index is 1280. The number of hydrogen-bond acceptors (Lipinski definition) is 6. The number of nitrogens with zero attached hydrogens (tertiary/aromatic N) is 1. The smallest absolute Gasteiger partial charge is 0.255 e. The summed E-state index contributed by atoms with van der Waals surface area (Å²) in [6, 6.07) is 14.9. The Morgan fingerprint density at radius 2 is 1.94 bits per heavy atom. The van der Waals surface area contributed by atoms with Crippen molar-refractivity contribution in [3.63, 3.8) is 0 Å². The summed E-state index contributed by atoms with van der Waals surface area (Å²) < 4.78 is 30.8. The standard InChI is InChI=1S/C23H22ClN3O4S/c1-14(31-21-12-17(24)13-26-22(21)25)15-4-2-6-18(10-15)27-23(28)16-5-3-7-20(11-16)32(29,30)19-8-9-19/h2-7,10-14,19H,8-9H2,1H3,(H2,25,26)(H,27,28). The number of nitrogens with two attached hydrogens (primary N) is 1. The van der Waals surface area contributed by atoms with Crippen molar-refractivity contribution in [2.75, 3.05) is 11.1 Å². The Labute approximate surface area is 191 Å². The van der Waals surface area contributed by atoms with Gasteiger partial charge < -0.3 is 15.8 Å². The molecule has 9 heteroatoms. The van der Waals surface area contributed by atoms with E-state index in [0.717, 1.165) is 5.56 Å². The third-order valence-corrected chi connectivity index (χ3v) is 7.62. The second-order valence-electron chi connectivity index (χ2n) is 7.65. The Balaban J connectivity index is 1.49. The molecule has 3 aromatic rings. The number of hydrogen-bond donors (Lipinski definition) is 2. The minimum atomic E-state index is -3.37. The van der Waals surface area contributed by atoms with E-state index in [9.17, 15) is 13.2 Å². The second-order valence-corrected chi connectivity index (χ2v) is 10.3. The van der Waals surface area contributed by atoms with Gasteiger partial charge in [-0.25, -0.2) is 13.4 Å². The van der Waals surface area contributed by atoms with E-state index in [2.05, 4.69) is 10.3 Å². The number of rotatable bonds is 7. The third kappa shape index (κ3) is 4.87. The van der Waals surface area contributed by atoms with Crippen LogP contribution in [-0.2, 0) is 9.84 Å². The predicted molar refractivity (Wildman–Crippen MR) is 124 cm³/mol. The van der Waals surface area contributed by atoms with Crippen LogP contribution in [0.2, 0.25) is 5.02 Å². The van der Waals surface area contributed by atoms with Crippen molar-refractivity contribution in [1.29, 1.82) is 0 Å². The minimum Gasteiger partial charge on any atom is -0.482 e. The molecule has 1 aliphatic carbocycles. The summed E-state index contributed by atoms with van der Waals surface area (Å²) in [7, 11) is -3.37. The maximum atomic E-state index is 12.8. The molecule has 1 unspecified atom stereocenters. The Kier molecular flexibility index (Phi) is 6.08. The van der Waals surface area contributed by atoms with Crippen LogP contribution in [0.4, 0.5) is 11.5 Å². The van der Waals surface area contributed by atoms with Gasteiger partial charge in [0.15, 0.2) is 21.4 Å². The van der Waals surface area contributed by atoms with E-state index in [0.29, 0.717) is 29.3 Å². The molecule has 32 heavy (non-hydrogen) atoms. The fraction of sp³-hybridized carbons (Fsp3) is 0.217. The van der Waals surface area contributed by atoms with Gasteiger partial charge in [-0.3, -0.25) is 4.79 Å². The highest BCUT2D eigenvalue weighted by atomic mass is 35.5. The van der Waals surface area contributed by atoms with Gasteiger partial charge in [-0.2, -0.15) is 0 Å². The fourth-order valence-electron chi connectivity index (χ4n) is 3.24. The Morgan fingerprint density at radius 1 is 1.19 bits per heavy atom. The number of ether oxygens (including phenoxy) is 1. The van der Waals surface area contributed by atoms with Crippen molar-refractivity contribution in [3.8, 4) is 5.75 Å². The van der Waals surface area contributed by atoms with E-state index in [1.54, 1.807) is 36.4 Å². The van der Waals surface area contributed by atoms with Crippen molar-refractivity contribution < 1.29 is 17.9 Å². The summed E-state index contributed by atoms with van der Waals surface area (Å²) in [5, 5.41) is 2.89. The van der Waals surface area contributed by atoms with Gasteiger partial charge in [-0.1, -0.05) is 29.8 Å². The van der Waals surface area contributed by atoms with Crippen LogP contribution >= 0.6 is 11.6 Å². The molecule has 1 saturated carbocycles. The molecule has 3 N–H and O–H groups in total. The Morgan fingerprint density at radius 3 is 2.69 bits per heavy atom. The topological polar surface area (TPSA) is 111 Å². The van der Waals surface area contributed by atoms with Crippen LogP contribution in [0.3, 0.4) is 0 Å². The lowest BCUT2D eigenvalue weighted by molar-refractivity contribution is 0.102. The van der Waals surface area contributed by atoms with E-state index in [-0.39, 0.29) is 27.6 Å². The van der Waals surface area contributed by atoms with Gasteiger partial charge in [-0.15, -0.1) is 0 Å². The number of halogens is 1. The third-order valence-electron chi connectivity index (χ3n) is 5.15. The first-order valence-corrected chi connectivity index (χ1v) is 12.0. The summed E-state index contributed by atoms with van der Waals surface area (Å²) in [5.74, 6) is 0.201. The lowest BCUT2D eigenvalue weighted by atomic mass is 10.1. The molecular formula is C23H22ClN3O4S. The number of anilines is 2. The highest BCUT2D eigenvalue weighted by Gasteiger charge is 2.37. The molecule has 0 radical (unpaired) electrons. The van der Waals surface area contributed by atoms with Crippen molar-refractivity contribution >= 4 is 38.9 Å². The number of carbonyl (C=O) groups is 1. The molecule has 1 aromatic heterocycles. The molecule has 0 saturated heterocycles. The van der Waals surface area contributed by atoms with Crippen LogP contribution in [0.25, 0.3) is 0 Å². The Hall–Kier alpha value is -3.10. The molecule has 0 bridgehead atoms. The van der Waals surface area contributed by atoms with E-state index >= 15 is 0 Å². The molecule has 4 rings (SSSR count). The van der Waals surface area contributed by atoms with Gasteiger partial charge in [0.25, 0.3) is 5.91 Å². The van der Waals surface area contributed by atoms with Gasteiger partial charge in [0.1, 0.15) is 6.10 Å². The van der Waals surface area contributed by atoms with Crippen molar-refractivity contribution in [2.45, 2.75) is 36.0 Å². The van der Waals surface area contributed by atoms with Crippen LogP contribution in [-0.4, -0.2) is 24.6 Å². The average molecular weight is 472 g/mol. The number of benzene rings is 2. The number of pyridine rings is 1. The van der Waals surface area contributed by atoms with Crippen LogP contribution < -0.4 is 15.8 Å². The van der Waals surface area contributed by atoms with Gasteiger partial charge in [-0.05, 0) is 55.7 Å². The first-order valence-electron chi connectivity index (χ1n) is 10.1. The first kappa shape index (κ1) is 22.1. The van der Waals surface area contributed by atoms with Crippen molar-refractivity contribution in [3.05, 3.63) is 76.9 Å². The number of carbonyl (C=O) groups excluding carboxylic acids is 1. The van der Waals surface area contributed by atoms with E-state index in [4.69, 9.17) is 22.1 Å². The quantitative estimate of drug-likeness (QED) is 0.519. The molecule has 1 atom stereocenters. The fourth-order valence-corrected chi connectivity index (χ4v) is 5.09. The number of amides is 1. The van der Waals surface area contributed by atoms with Crippen molar-refractivity contribution in [1.82, 2.24) is 4.98 Å². The number of sulfone groups is 1. The van der Waals surface area contributed by atoms with E-state index < -0.39 is 15.7 Å². The highest BCUT2D eigenvalue weighted by molar-refractivity contribution is 7.92. The summed E-state index contributed by atoms with van der Waals surface area (Å²) in [6.45, 7) is 1.84. The molecule has 0 spiro atoms. The maximum absolute atomic E-state index is 12.8. The van der Waals surface area contributed by atoms with Crippen LogP contribution in [0.5, 0.6) is 5.75 Å². The zero-order valence-corrected chi connectivity index (χ0v) is 18.9. The van der Waals surface area contributed by atoms with E-state index in [1.165, 1.54) is 18.3 Å². The number of nitrogens with one attached hydrogen (secondary N) is 1. The lowest BCUT2D eigenvalue weighted by Crippen LogP contribution is -2.14. The molecule has 1 heterocycles. The zero-order chi connectivity index (χ0) is 22.9. The number of nitrogen functional groups attached to an aromatic ring is 1. The molecule has 2 aromatic carbocycles. The SMILES string of the molecule is CC(Oc1cc(Cl)cnc1N)c1cccc(NC(=O)c2cccc(S(=O)(=O)C3CC3)c2)c1. The van der Waals surface area contributed by atoms with Crippen LogP contribution in [0.1, 0.15) is 41.8 Å². The van der Waals surface area contributed by atoms with Crippen LogP contribution in [0.15, 0.2) is 65.7 Å². The molecule has 0 aliphatic heterocycles. The average Bonchev–Trinajstić information content (AvgIpc) is 3.63. The van der Waals surface area contributed by atoms with Gasteiger partial charge in [0.2, 0.25) is 0 Å². The maximum Gasteiger partial charge on any atom is 0.255 e. The second kappa shape index (κ2) is 8.80. The molecule has 1 fully saturated rings. The minimum absolute atomic E-state index is 0.177. The lowest BCUT2D eigenvalue weighted by Gasteiger charge is -2.17. The molecular weight excluding hydrogens is 450 g/mol. The van der Waals surface area contributed by atoms with Gasteiger partial charge >= 0.3 is 0 Å². The largest absolute Gasteiger partial charge is 0.482 e. The first-order chi connectivity index (χ1) is 15.2. The molecule has 7 nitrogen and oxygen atoms in total. The molecule has 1 aliphatic rings. The van der Waals surface area contributed by atoms with Gasteiger partial charge in [0, 0.05) is 23.5 Å². The van der Waals surface area contributed by atoms with Crippen LogP contribution in [0, 0.1) is 0 Å². The summed E-state index contributed by atoms with van der Waals surface area (Å²) in [4.78, 5) is 16.9. The summed E-state index contributed by atoms with van der Waals surface area (Å²) in [5.41, 5.74) is 7.47. The monoisotopic (exact) mass is 471 g/mol. The predicted octanol–water partition coefficient (Wildman–Crippen LogP) is 4.65. The van der Waals surface area contributed by atoms with E-state index in [1.807, 2.05) is 13.0 Å². The number of aromatic nitrogens is 1. The molecule has 1 amide bonds. The zero-order valence-electron chi connectivity index (χ0n) is 17.3. The summed E-state index contributed by atoms with van der Waals surface area (Å²) in [6.07, 6.45) is 2.39. The highest BCUT2D eigenvalue weighted by Crippen LogP contribution is 2.34. The summed E-state index contributed by atoms with van der Waals surface area (Å²) >= 11 is 5.96. The van der Waals surface area contributed by atoms with Crippen molar-refractivity contribution in [2.24, 2.45) is 0 Å². The van der Waals surface area contributed by atoms with Gasteiger partial charge in [0.05, 0.1) is 15.2 Å². The molecule has 166 valence electrons.